The van der Waals surface area contributed by atoms with Crippen molar-refractivity contribution in [1.82, 2.24) is 5.32 Å². The van der Waals surface area contributed by atoms with Crippen molar-refractivity contribution in [3.63, 3.8) is 0 Å². The molecule has 0 aromatic carbocycles. The maximum absolute atomic E-state index is 3.75. The quantitative estimate of drug-likeness (QED) is 0.415. The van der Waals surface area contributed by atoms with E-state index in [-0.39, 0.29) is 0 Å². The van der Waals surface area contributed by atoms with Crippen molar-refractivity contribution in [1.29, 1.82) is 0 Å². The smallest absolute Gasteiger partial charge is 0.0104 e. The Kier molecular flexibility index (Phi) is 9.28. The molecule has 1 aliphatic rings. The fourth-order valence-electron chi connectivity index (χ4n) is 2.85. The summed E-state index contributed by atoms with van der Waals surface area (Å²) in [4.78, 5) is 0. The Morgan fingerprint density at radius 2 is 2.00 bits per heavy atom. The van der Waals surface area contributed by atoms with E-state index < -0.39 is 0 Å². The average Bonchev–Trinajstić information content (AvgIpc) is 2.41. The Bertz CT molecular complexity index is 220. The third-order valence-electron chi connectivity index (χ3n) is 3.98. The van der Waals surface area contributed by atoms with Gasteiger partial charge in [-0.1, -0.05) is 51.2 Å². The minimum absolute atomic E-state index is 0.742. The molecule has 1 atom stereocenters. The largest absolute Gasteiger partial charge is 0.314 e. The lowest BCUT2D eigenvalue weighted by Gasteiger charge is -2.22. The van der Waals surface area contributed by atoms with Gasteiger partial charge in [0.25, 0.3) is 0 Å². The molecule has 0 saturated carbocycles. The number of hydrogen-bond acceptors (Lipinski definition) is 1. The molecule has 106 valence electrons. The number of allylic oxidation sites excluding steroid dienone is 1. The summed E-state index contributed by atoms with van der Waals surface area (Å²) in [6, 6.07) is 0.742. The molecule has 0 amide bonds. The standard InChI is InChI=1S/C17H33N/c1-3-5-6-10-13-17(18-14-4-2)15-16-11-8-7-9-12-16/h11,17-18H,3-10,12-15H2,1-2H3. The molecule has 1 nitrogen and oxygen atoms in total. The van der Waals surface area contributed by atoms with Crippen LogP contribution >= 0.6 is 0 Å². The van der Waals surface area contributed by atoms with Crippen molar-refractivity contribution in [2.24, 2.45) is 0 Å². The lowest BCUT2D eigenvalue weighted by molar-refractivity contribution is 0.444. The first kappa shape index (κ1) is 15.8. The van der Waals surface area contributed by atoms with Gasteiger partial charge in [0.15, 0.2) is 0 Å². The molecule has 1 rings (SSSR count). The van der Waals surface area contributed by atoms with E-state index in [4.69, 9.17) is 0 Å². The molecular formula is C17H33N. The lowest BCUT2D eigenvalue weighted by atomic mass is 9.92. The van der Waals surface area contributed by atoms with Crippen LogP contribution in [0.15, 0.2) is 11.6 Å². The number of rotatable bonds is 10. The molecule has 0 bridgehead atoms. The molecule has 0 aromatic heterocycles. The van der Waals surface area contributed by atoms with E-state index in [1.54, 1.807) is 5.57 Å². The van der Waals surface area contributed by atoms with Crippen molar-refractivity contribution < 1.29 is 0 Å². The second-order valence-corrected chi connectivity index (χ2v) is 5.81. The van der Waals surface area contributed by atoms with Gasteiger partial charge in [-0.2, -0.15) is 0 Å². The van der Waals surface area contributed by atoms with E-state index >= 15 is 0 Å². The molecule has 1 N–H and O–H groups in total. The number of nitrogens with one attached hydrogen (secondary N) is 1. The second-order valence-electron chi connectivity index (χ2n) is 5.81. The first-order chi connectivity index (χ1) is 8.86. The van der Waals surface area contributed by atoms with E-state index in [1.165, 1.54) is 77.2 Å². The minimum atomic E-state index is 0.742. The van der Waals surface area contributed by atoms with Crippen LogP contribution < -0.4 is 5.32 Å². The summed E-state index contributed by atoms with van der Waals surface area (Å²) in [7, 11) is 0. The molecule has 0 fully saturated rings. The van der Waals surface area contributed by atoms with Crippen molar-refractivity contribution in [2.75, 3.05) is 6.54 Å². The Morgan fingerprint density at radius 3 is 2.67 bits per heavy atom. The topological polar surface area (TPSA) is 12.0 Å². The summed E-state index contributed by atoms with van der Waals surface area (Å²) in [5.41, 5.74) is 1.73. The van der Waals surface area contributed by atoms with E-state index in [9.17, 15) is 0 Å². The molecule has 1 heteroatoms. The summed E-state index contributed by atoms with van der Waals surface area (Å²) < 4.78 is 0. The van der Waals surface area contributed by atoms with Crippen LogP contribution in [0.25, 0.3) is 0 Å². The van der Waals surface area contributed by atoms with Crippen molar-refractivity contribution in [2.45, 2.75) is 90.5 Å². The number of unbranched alkanes of at least 4 members (excludes halogenated alkanes) is 3. The first-order valence-corrected chi connectivity index (χ1v) is 8.28. The summed E-state index contributed by atoms with van der Waals surface area (Å²) in [6.07, 6.45) is 17.5. The monoisotopic (exact) mass is 251 g/mol. The zero-order valence-electron chi connectivity index (χ0n) is 12.6. The third-order valence-corrected chi connectivity index (χ3v) is 3.98. The molecule has 0 spiro atoms. The molecular weight excluding hydrogens is 218 g/mol. The predicted octanol–water partition coefficient (Wildman–Crippen LogP) is 5.22. The fourth-order valence-corrected chi connectivity index (χ4v) is 2.85. The van der Waals surface area contributed by atoms with Crippen LogP contribution in [0, 0.1) is 0 Å². The van der Waals surface area contributed by atoms with Crippen LogP contribution in [-0.4, -0.2) is 12.6 Å². The van der Waals surface area contributed by atoms with E-state index in [2.05, 4.69) is 25.2 Å². The Balaban J connectivity index is 2.26. The van der Waals surface area contributed by atoms with E-state index in [1.807, 2.05) is 0 Å². The lowest BCUT2D eigenvalue weighted by Crippen LogP contribution is -2.30. The van der Waals surface area contributed by atoms with Gasteiger partial charge in [-0.15, -0.1) is 0 Å². The van der Waals surface area contributed by atoms with Crippen LogP contribution in [-0.2, 0) is 0 Å². The van der Waals surface area contributed by atoms with E-state index in [0.29, 0.717) is 0 Å². The highest BCUT2D eigenvalue weighted by molar-refractivity contribution is 5.07. The maximum Gasteiger partial charge on any atom is 0.0104 e. The van der Waals surface area contributed by atoms with Crippen molar-refractivity contribution >= 4 is 0 Å². The van der Waals surface area contributed by atoms with Crippen LogP contribution in [0.4, 0.5) is 0 Å². The summed E-state index contributed by atoms with van der Waals surface area (Å²) in [5, 5.41) is 3.75. The highest BCUT2D eigenvalue weighted by Gasteiger charge is 2.12. The Labute approximate surface area is 114 Å². The Morgan fingerprint density at radius 1 is 1.11 bits per heavy atom. The first-order valence-electron chi connectivity index (χ1n) is 8.28. The average molecular weight is 251 g/mol. The van der Waals surface area contributed by atoms with Gasteiger partial charge in [0, 0.05) is 6.04 Å². The third kappa shape index (κ3) is 7.20. The molecule has 1 unspecified atom stereocenters. The molecule has 0 radical (unpaired) electrons. The predicted molar refractivity (Wildman–Crippen MR) is 82.0 cm³/mol. The highest BCUT2D eigenvalue weighted by atomic mass is 14.9. The van der Waals surface area contributed by atoms with E-state index in [0.717, 1.165) is 6.04 Å². The van der Waals surface area contributed by atoms with Crippen LogP contribution in [0.1, 0.15) is 84.5 Å². The zero-order valence-corrected chi connectivity index (χ0v) is 12.6. The van der Waals surface area contributed by atoms with Gasteiger partial charge in [0.2, 0.25) is 0 Å². The van der Waals surface area contributed by atoms with Gasteiger partial charge in [-0.05, 0) is 51.5 Å². The molecule has 0 heterocycles. The van der Waals surface area contributed by atoms with Gasteiger partial charge in [-0.3, -0.25) is 0 Å². The SMILES string of the molecule is CCCCCCC(CC1=CCCCC1)NCCC. The van der Waals surface area contributed by atoms with Gasteiger partial charge >= 0.3 is 0 Å². The molecule has 18 heavy (non-hydrogen) atoms. The fraction of sp³-hybridized carbons (Fsp3) is 0.882. The van der Waals surface area contributed by atoms with Gasteiger partial charge in [0.05, 0.1) is 0 Å². The summed E-state index contributed by atoms with van der Waals surface area (Å²) in [6.45, 7) is 5.74. The van der Waals surface area contributed by atoms with Crippen LogP contribution in [0.5, 0.6) is 0 Å². The Hall–Kier alpha value is -0.300. The summed E-state index contributed by atoms with van der Waals surface area (Å²) in [5.74, 6) is 0. The van der Waals surface area contributed by atoms with Crippen molar-refractivity contribution in [3.05, 3.63) is 11.6 Å². The highest BCUT2D eigenvalue weighted by Crippen LogP contribution is 2.23. The number of hydrogen-bond donors (Lipinski definition) is 1. The zero-order chi connectivity index (χ0) is 13.1. The van der Waals surface area contributed by atoms with Gasteiger partial charge < -0.3 is 5.32 Å². The normalized spacial score (nSPS) is 17.6. The van der Waals surface area contributed by atoms with Crippen molar-refractivity contribution in [3.8, 4) is 0 Å². The summed E-state index contributed by atoms with van der Waals surface area (Å²) >= 11 is 0. The van der Waals surface area contributed by atoms with Gasteiger partial charge in [-0.25, -0.2) is 0 Å². The van der Waals surface area contributed by atoms with Crippen LogP contribution in [0.3, 0.4) is 0 Å². The molecule has 1 aliphatic carbocycles. The van der Waals surface area contributed by atoms with Gasteiger partial charge in [0.1, 0.15) is 0 Å². The van der Waals surface area contributed by atoms with Crippen LogP contribution in [0.2, 0.25) is 0 Å². The molecule has 0 aliphatic heterocycles. The molecule has 0 saturated heterocycles. The minimum Gasteiger partial charge on any atom is -0.314 e. The molecule has 0 aromatic rings. The second kappa shape index (κ2) is 10.6. The maximum atomic E-state index is 3.75.